The first kappa shape index (κ1) is 12.7. The predicted octanol–water partition coefficient (Wildman–Crippen LogP) is 3.49. The molecule has 0 spiro atoms. The fourth-order valence-electron chi connectivity index (χ4n) is 1.52. The van der Waals surface area contributed by atoms with Gasteiger partial charge in [0.05, 0.1) is 6.20 Å². The minimum absolute atomic E-state index is 0.122. The van der Waals surface area contributed by atoms with E-state index in [9.17, 15) is 4.21 Å². The van der Waals surface area contributed by atoms with Gasteiger partial charge in [-0.25, -0.2) is 4.98 Å². The second-order valence-electron chi connectivity index (χ2n) is 3.66. The van der Waals surface area contributed by atoms with Crippen molar-refractivity contribution in [2.45, 2.75) is 10.5 Å². The highest BCUT2D eigenvalue weighted by Crippen LogP contribution is 2.36. The summed E-state index contributed by atoms with van der Waals surface area (Å²) in [6.45, 7) is 0. The largest absolute Gasteiger partial charge is 0.258 e. The molecule has 1 heterocycles. The minimum Gasteiger partial charge on any atom is -0.258 e. The molecule has 0 aliphatic rings. The highest BCUT2D eigenvalue weighted by atomic mass is 35.5. The molecule has 1 aromatic heterocycles. The van der Waals surface area contributed by atoms with Gasteiger partial charge in [-0.3, -0.25) is 4.21 Å². The highest BCUT2D eigenvalue weighted by molar-refractivity contribution is 7.86. The molecule has 0 aliphatic carbocycles. The first-order chi connectivity index (χ1) is 8.18. The summed E-state index contributed by atoms with van der Waals surface area (Å²) >= 11 is 6.14. The Bertz CT molecular complexity index is 512. The molecule has 0 aliphatic heterocycles. The van der Waals surface area contributed by atoms with Crippen LogP contribution in [0.4, 0.5) is 0 Å². The van der Waals surface area contributed by atoms with Crippen molar-refractivity contribution in [2.75, 3.05) is 6.26 Å². The number of hydrogen-bond donors (Lipinski definition) is 0. The quantitative estimate of drug-likeness (QED) is 0.636. The summed E-state index contributed by atoms with van der Waals surface area (Å²) in [7, 11) is -1.18. The minimum atomic E-state index is -1.05. The molecule has 3 atom stereocenters. The van der Waals surface area contributed by atoms with E-state index in [-0.39, 0.29) is 10.5 Å². The Morgan fingerprint density at radius 1 is 1.41 bits per heavy atom. The molecular formula is C12H13ClNOS2+. The Morgan fingerprint density at radius 2 is 2.12 bits per heavy atom. The van der Waals surface area contributed by atoms with Crippen molar-refractivity contribution in [3.63, 3.8) is 0 Å². The van der Waals surface area contributed by atoms with Gasteiger partial charge in [-0.2, -0.15) is 0 Å². The molecule has 0 saturated carbocycles. The normalized spacial score (nSPS) is 15.5. The Labute approximate surface area is 111 Å². The molecule has 0 saturated heterocycles. The molecule has 17 heavy (non-hydrogen) atoms. The van der Waals surface area contributed by atoms with Crippen LogP contribution in [-0.2, 0) is 16.6 Å². The van der Waals surface area contributed by atoms with E-state index in [2.05, 4.69) is 17.1 Å². The maximum atomic E-state index is 11.4. The van der Waals surface area contributed by atoms with Gasteiger partial charge in [0.25, 0.3) is 0 Å². The van der Waals surface area contributed by atoms with Crippen LogP contribution < -0.4 is 0 Å². The molecule has 2 nitrogen and oxygen atoms in total. The molecule has 1 aromatic carbocycles. The summed E-state index contributed by atoms with van der Waals surface area (Å²) in [5.74, 6) is 0.886. The number of aromatic nitrogens is 1. The second kappa shape index (κ2) is 5.76. The average Bonchev–Trinajstić information content (AvgIpc) is 2.77. The summed E-state index contributed by atoms with van der Waals surface area (Å²) < 4.78 is 11.0. The highest BCUT2D eigenvalue weighted by Gasteiger charge is 2.25. The molecule has 3 unspecified atom stereocenters. The van der Waals surface area contributed by atoms with Crippen molar-refractivity contribution in [3.05, 3.63) is 52.5 Å². The van der Waals surface area contributed by atoms with Gasteiger partial charge in [0.15, 0.2) is 10.5 Å². The maximum absolute atomic E-state index is 11.4. The molecule has 0 amide bonds. The lowest BCUT2D eigenvalue weighted by atomic mass is 10.2. The van der Waals surface area contributed by atoms with Crippen LogP contribution in [0.25, 0.3) is 0 Å². The zero-order valence-electron chi connectivity index (χ0n) is 9.38. The molecule has 0 bridgehead atoms. The topological polar surface area (TPSA) is 30.0 Å². The van der Waals surface area contributed by atoms with Crippen molar-refractivity contribution in [3.8, 4) is 0 Å². The molecule has 0 N–H and O–H groups in total. The first-order valence-electron chi connectivity index (χ1n) is 5.12. The Morgan fingerprint density at radius 3 is 2.76 bits per heavy atom. The molecule has 0 fully saturated rings. The Hall–Kier alpha value is -0.710. The fourth-order valence-corrected chi connectivity index (χ4v) is 4.64. The van der Waals surface area contributed by atoms with E-state index in [4.69, 9.17) is 11.6 Å². The van der Waals surface area contributed by atoms with Crippen molar-refractivity contribution in [1.82, 2.24) is 4.98 Å². The van der Waals surface area contributed by atoms with Crippen LogP contribution >= 0.6 is 22.1 Å². The van der Waals surface area contributed by atoms with E-state index in [0.717, 1.165) is 10.6 Å². The van der Waals surface area contributed by atoms with Crippen LogP contribution in [0.3, 0.4) is 0 Å². The van der Waals surface area contributed by atoms with Crippen LogP contribution in [0.5, 0.6) is 0 Å². The van der Waals surface area contributed by atoms with E-state index in [0.29, 0.717) is 0 Å². The lowest BCUT2D eigenvalue weighted by Gasteiger charge is -2.00. The number of rotatable bonds is 4. The van der Waals surface area contributed by atoms with E-state index in [1.54, 1.807) is 12.5 Å². The van der Waals surface area contributed by atoms with Gasteiger partial charge < -0.3 is 0 Å². The van der Waals surface area contributed by atoms with Gasteiger partial charge in [0, 0.05) is 33.1 Å². The van der Waals surface area contributed by atoms with Gasteiger partial charge in [-0.05, 0) is 0 Å². The Kier molecular flexibility index (Phi) is 4.31. The summed E-state index contributed by atoms with van der Waals surface area (Å²) in [5.41, 5.74) is 3.16. The third-order valence-electron chi connectivity index (χ3n) is 2.37. The van der Waals surface area contributed by atoms with Crippen LogP contribution in [0.2, 0.25) is 0 Å². The smallest absolute Gasteiger partial charge is 0.230 e. The average molecular weight is 287 g/mol. The van der Waals surface area contributed by atoms with E-state index in [1.807, 2.05) is 23.7 Å². The zero-order valence-corrected chi connectivity index (χ0v) is 11.8. The monoisotopic (exact) mass is 286 g/mol. The third-order valence-corrected chi connectivity index (χ3v) is 6.44. The van der Waals surface area contributed by atoms with Crippen LogP contribution in [0.1, 0.15) is 15.1 Å². The van der Waals surface area contributed by atoms with Gasteiger partial charge in [0.1, 0.15) is 0 Å². The summed E-state index contributed by atoms with van der Waals surface area (Å²) in [6, 6.07) is 10.2. The molecule has 2 rings (SSSR count). The zero-order chi connectivity index (χ0) is 12.3. The Balaban J connectivity index is 2.23. The number of hydrogen-bond acceptors (Lipinski definition) is 2. The number of alkyl halides is 1. The predicted molar refractivity (Wildman–Crippen MR) is 74.9 cm³/mol. The fraction of sp³-hybridized carbons (Fsp3) is 0.250. The molecular weight excluding hydrogens is 274 g/mol. The van der Waals surface area contributed by atoms with Crippen LogP contribution in [-0.4, -0.2) is 15.4 Å². The molecule has 5 heteroatoms. The second-order valence-corrected chi connectivity index (χ2v) is 7.65. The summed E-state index contributed by atoms with van der Waals surface area (Å²) in [5, 5.41) is 0. The van der Waals surface area contributed by atoms with E-state index in [1.165, 1.54) is 5.56 Å². The first-order valence-corrected chi connectivity index (χ1v) is 8.63. The van der Waals surface area contributed by atoms with Gasteiger partial charge >= 0.3 is 0 Å². The number of benzene rings is 1. The SMILES string of the molecule is CS(=O)C(Cl)c1cnc[s+]1Cc1ccccc1. The lowest BCUT2D eigenvalue weighted by Crippen LogP contribution is -1.96. The maximum Gasteiger partial charge on any atom is 0.230 e. The lowest BCUT2D eigenvalue weighted by molar-refractivity contribution is 0.685. The molecule has 90 valence electrons. The standard InChI is InChI=1S/C12H13ClNOS2/c1-16(15)12(13)11-7-14-9-17(11)8-10-5-3-2-4-6-10/h2-7,9,12H,8H2,1H3/q+1. The number of nitrogens with zero attached hydrogens (tertiary/aromatic N) is 1. The van der Waals surface area contributed by atoms with Crippen LogP contribution in [0, 0.1) is 0 Å². The van der Waals surface area contributed by atoms with Gasteiger partial charge in [-0.15, -0.1) is 0 Å². The summed E-state index contributed by atoms with van der Waals surface area (Å²) in [4.78, 5) is 5.13. The van der Waals surface area contributed by atoms with E-state index < -0.39 is 15.5 Å². The number of thiazole rings is 1. The third kappa shape index (κ3) is 3.15. The molecule has 2 aromatic rings. The van der Waals surface area contributed by atoms with Crippen molar-refractivity contribution in [2.24, 2.45) is 0 Å². The summed E-state index contributed by atoms with van der Waals surface area (Å²) in [6.07, 6.45) is 3.38. The van der Waals surface area contributed by atoms with Gasteiger partial charge in [0.2, 0.25) is 10.4 Å². The number of halogens is 1. The van der Waals surface area contributed by atoms with E-state index >= 15 is 0 Å². The van der Waals surface area contributed by atoms with Gasteiger partial charge in [-0.1, -0.05) is 41.9 Å². The van der Waals surface area contributed by atoms with Crippen molar-refractivity contribution < 1.29 is 4.21 Å². The van der Waals surface area contributed by atoms with Crippen molar-refractivity contribution in [1.29, 1.82) is 0 Å². The van der Waals surface area contributed by atoms with Crippen molar-refractivity contribution >= 4 is 32.9 Å². The van der Waals surface area contributed by atoms with Crippen LogP contribution in [0.15, 0.2) is 42.0 Å². The molecule has 0 radical (unpaired) electrons.